The maximum atomic E-state index is 11.8. The average Bonchev–Trinajstić information content (AvgIpc) is 2.81. The van der Waals surface area contributed by atoms with Crippen LogP contribution in [0.1, 0.15) is 16.8 Å². The summed E-state index contributed by atoms with van der Waals surface area (Å²) in [6, 6.07) is 3.42. The van der Waals surface area contributed by atoms with Gasteiger partial charge in [0.2, 0.25) is 5.88 Å². The number of carbonyl (C=O) groups excluding carboxylic acids is 1. The molecule has 1 aliphatic heterocycles. The van der Waals surface area contributed by atoms with Crippen molar-refractivity contribution in [2.24, 2.45) is 0 Å². The minimum absolute atomic E-state index is 0.0296. The molecule has 2 rings (SSSR count). The van der Waals surface area contributed by atoms with Gasteiger partial charge < -0.3 is 9.64 Å². The van der Waals surface area contributed by atoms with Gasteiger partial charge in [-0.3, -0.25) is 4.79 Å². The van der Waals surface area contributed by atoms with Crippen LogP contribution in [-0.2, 0) is 0 Å². The molecule has 0 spiro atoms. The van der Waals surface area contributed by atoms with Crippen LogP contribution in [0.5, 0.6) is 5.88 Å². The predicted octanol–water partition coefficient (Wildman–Crippen LogP) is 1.67. The molecule has 17 heavy (non-hydrogen) atoms. The van der Waals surface area contributed by atoms with Crippen LogP contribution in [0.3, 0.4) is 0 Å². The molecular formula is C12H16N2O2S. The third kappa shape index (κ3) is 3.12. The van der Waals surface area contributed by atoms with E-state index in [-0.39, 0.29) is 12.0 Å². The fourth-order valence-corrected chi connectivity index (χ4v) is 2.74. The van der Waals surface area contributed by atoms with E-state index in [1.807, 2.05) is 11.8 Å². The molecule has 0 N–H and O–H groups in total. The van der Waals surface area contributed by atoms with E-state index in [1.165, 1.54) is 0 Å². The number of ether oxygens (including phenoxy) is 1. The molecule has 1 amide bonds. The fourth-order valence-electron chi connectivity index (χ4n) is 1.64. The molecule has 0 aromatic carbocycles. The van der Waals surface area contributed by atoms with E-state index < -0.39 is 0 Å². The maximum Gasteiger partial charge on any atom is 0.253 e. The summed E-state index contributed by atoms with van der Waals surface area (Å²) in [6.45, 7) is 0. The smallest absolute Gasteiger partial charge is 0.253 e. The van der Waals surface area contributed by atoms with E-state index in [0.717, 1.165) is 17.9 Å². The summed E-state index contributed by atoms with van der Waals surface area (Å²) >= 11 is 1.89. The highest BCUT2D eigenvalue weighted by molar-refractivity contribution is 7.99. The molecule has 0 bridgehead atoms. The van der Waals surface area contributed by atoms with Crippen molar-refractivity contribution in [3.05, 3.63) is 23.9 Å². The summed E-state index contributed by atoms with van der Waals surface area (Å²) in [4.78, 5) is 17.5. The van der Waals surface area contributed by atoms with Crippen molar-refractivity contribution in [3.8, 4) is 5.88 Å². The second kappa shape index (κ2) is 5.40. The third-order valence-electron chi connectivity index (χ3n) is 2.56. The fraction of sp³-hybridized carbons (Fsp3) is 0.500. The van der Waals surface area contributed by atoms with Gasteiger partial charge in [0, 0.05) is 37.7 Å². The first-order valence-electron chi connectivity index (χ1n) is 5.59. The second-order valence-electron chi connectivity index (χ2n) is 4.19. The Morgan fingerprint density at radius 1 is 1.59 bits per heavy atom. The number of rotatable bonds is 3. The van der Waals surface area contributed by atoms with Crippen molar-refractivity contribution in [1.82, 2.24) is 9.88 Å². The Morgan fingerprint density at radius 3 is 3.06 bits per heavy atom. The van der Waals surface area contributed by atoms with E-state index in [9.17, 15) is 4.79 Å². The molecule has 0 unspecified atom stereocenters. The number of aromatic nitrogens is 1. The summed E-state index contributed by atoms with van der Waals surface area (Å²) < 4.78 is 5.74. The largest absolute Gasteiger partial charge is 0.473 e. The maximum absolute atomic E-state index is 11.8. The van der Waals surface area contributed by atoms with Gasteiger partial charge in [-0.25, -0.2) is 4.98 Å². The Hall–Kier alpha value is -1.23. The van der Waals surface area contributed by atoms with Crippen molar-refractivity contribution in [2.45, 2.75) is 12.5 Å². The molecule has 4 nitrogen and oxygen atoms in total. The molecule has 92 valence electrons. The van der Waals surface area contributed by atoms with Crippen LogP contribution in [0.4, 0.5) is 0 Å². The number of carbonyl (C=O) groups is 1. The molecule has 1 aromatic heterocycles. The van der Waals surface area contributed by atoms with Gasteiger partial charge in [0.1, 0.15) is 6.10 Å². The summed E-state index contributed by atoms with van der Waals surface area (Å²) in [7, 11) is 3.47. The zero-order valence-electron chi connectivity index (χ0n) is 10.0. The highest BCUT2D eigenvalue weighted by Gasteiger charge is 2.18. The average molecular weight is 252 g/mol. The van der Waals surface area contributed by atoms with E-state index in [4.69, 9.17) is 4.74 Å². The first kappa shape index (κ1) is 12.2. The van der Waals surface area contributed by atoms with Crippen LogP contribution >= 0.6 is 11.8 Å². The number of amides is 1. The zero-order chi connectivity index (χ0) is 12.3. The Balaban J connectivity index is 2.08. The van der Waals surface area contributed by atoms with Crippen LogP contribution in [0.15, 0.2) is 18.3 Å². The standard InChI is InChI=1S/C12H16N2O2S/c1-14(2)12(15)9-3-5-13-11(7-9)16-10-4-6-17-8-10/h3,5,7,10H,4,6,8H2,1-2H3/t10-/m0/s1. The van der Waals surface area contributed by atoms with Gasteiger partial charge in [0.15, 0.2) is 0 Å². The van der Waals surface area contributed by atoms with Crippen LogP contribution < -0.4 is 4.74 Å². The molecule has 5 heteroatoms. The monoisotopic (exact) mass is 252 g/mol. The van der Waals surface area contributed by atoms with E-state index in [2.05, 4.69) is 4.98 Å². The number of nitrogens with zero attached hydrogens (tertiary/aromatic N) is 2. The Bertz CT molecular complexity index is 403. The Kier molecular flexibility index (Phi) is 3.89. The first-order chi connectivity index (χ1) is 8.16. The van der Waals surface area contributed by atoms with Gasteiger partial charge in [-0.15, -0.1) is 0 Å². The predicted molar refractivity (Wildman–Crippen MR) is 68.6 cm³/mol. The molecule has 2 heterocycles. The lowest BCUT2D eigenvalue weighted by Gasteiger charge is -2.13. The lowest BCUT2D eigenvalue weighted by atomic mass is 10.2. The molecule has 0 radical (unpaired) electrons. The number of thioether (sulfide) groups is 1. The topological polar surface area (TPSA) is 42.4 Å². The van der Waals surface area contributed by atoms with E-state index in [1.54, 1.807) is 37.3 Å². The molecule has 1 saturated heterocycles. The summed E-state index contributed by atoms with van der Waals surface area (Å²) in [5.41, 5.74) is 0.616. The van der Waals surface area contributed by atoms with Crippen molar-refractivity contribution in [1.29, 1.82) is 0 Å². The van der Waals surface area contributed by atoms with E-state index in [0.29, 0.717) is 11.4 Å². The van der Waals surface area contributed by atoms with Crippen LogP contribution in [0, 0.1) is 0 Å². The molecule has 1 aromatic rings. The SMILES string of the molecule is CN(C)C(=O)c1ccnc(O[C@H]2CCSC2)c1. The number of pyridine rings is 1. The lowest BCUT2D eigenvalue weighted by molar-refractivity contribution is 0.0826. The summed E-state index contributed by atoms with van der Waals surface area (Å²) in [6.07, 6.45) is 2.91. The lowest BCUT2D eigenvalue weighted by Crippen LogP contribution is -2.22. The number of hydrogen-bond donors (Lipinski definition) is 0. The minimum Gasteiger partial charge on any atom is -0.473 e. The number of hydrogen-bond acceptors (Lipinski definition) is 4. The third-order valence-corrected chi connectivity index (χ3v) is 3.70. The van der Waals surface area contributed by atoms with Gasteiger partial charge in [-0.05, 0) is 18.2 Å². The molecule has 1 atom stereocenters. The molecule has 0 saturated carbocycles. The highest BCUT2D eigenvalue weighted by atomic mass is 32.2. The molecule has 0 aliphatic carbocycles. The second-order valence-corrected chi connectivity index (χ2v) is 5.34. The van der Waals surface area contributed by atoms with Crippen LogP contribution in [0.2, 0.25) is 0 Å². The molecule has 1 aliphatic rings. The Labute approximate surface area is 105 Å². The first-order valence-corrected chi connectivity index (χ1v) is 6.74. The molecular weight excluding hydrogens is 236 g/mol. The highest BCUT2D eigenvalue weighted by Crippen LogP contribution is 2.22. The van der Waals surface area contributed by atoms with Gasteiger partial charge in [-0.2, -0.15) is 11.8 Å². The van der Waals surface area contributed by atoms with Gasteiger partial charge in [0.05, 0.1) is 0 Å². The van der Waals surface area contributed by atoms with Crippen LogP contribution in [0.25, 0.3) is 0 Å². The van der Waals surface area contributed by atoms with Gasteiger partial charge in [-0.1, -0.05) is 0 Å². The molecule has 1 fully saturated rings. The van der Waals surface area contributed by atoms with Gasteiger partial charge in [0.25, 0.3) is 5.91 Å². The van der Waals surface area contributed by atoms with Gasteiger partial charge >= 0.3 is 0 Å². The normalized spacial score (nSPS) is 19.1. The summed E-state index contributed by atoms with van der Waals surface area (Å²) in [5, 5.41) is 0. The zero-order valence-corrected chi connectivity index (χ0v) is 10.9. The Morgan fingerprint density at radius 2 is 2.41 bits per heavy atom. The van der Waals surface area contributed by atoms with Crippen molar-refractivity contribution in [2.75, 3.05) is 25.6 Å². The van der Waals surface area contributed by atoms with E-state index >= 15 is 0 Å². The van der Waals surface area contributed by atoms with Crippen molar-refractivity contribution < 1.29 is 9.53 Å². The van der Waals surface area contributed by atoms with Crippen LogP contribution in [-0.4, -0.2) is 47.5 Å². The quantitative estimate of drug-likeness (QED) is 0.820. The summed E-state index contributed by atoms with van der Waals surface area (Å²) in [5.74, 6) is 2.66. The van der Waals surface area contributed by atoms with Crippen molar-refractivity contribution >= 4 is 17.7 Å². The van der Waals surface area contributed by atoms with Crippen molar-refractivity contribution in [3.63, 3.8) is 0 Å². The minimum atomic E-state index is -0.0296.